The van der Waals surface area contributed by atoms with Gasteiger partial charge in [-0.3, -0.25) is 9.59 Å². The molecule has 1 aliphatic carbocycles. The first kappa shape index (κ1) is 14.1. The molecule has 0 aromatic rings. The molecule has 1 saturated heterocycles. The molecule has 2 rings (SSSR count). The van der Waals surface area contributed by atoms with E-state index in [4.69, 9.17) is 0 Å². The van der Waals surface area contributed by atoms with E-state index in [2.05, 4.69) is 0 Å². The van der Waals surface area contributed by atoms with Crippen molar-refractivity contribution < 1.29 is 19.8 Å². The topological polar surface area (TPSA) is 77.8 Å². The Bertz CT molecular complexity index is 391. The van der Waals surface area contributed by atoms with E-state index in [1.807, 2.05) is 12.2 Å². The van der Waals surface area contributed by atoms with Gasteiger partial charge in [-0.2, -0.15) is 0 Å². The molecular weight excluding hydrogens is 246 g/mol. The second kappa shape index (κ2) is 5.74. The summed E-state index contributed by atoms with van der Waals surface area (Å²) in [7, 11) is 0. The highest BCUT2D eigenvalue weighted by Crippen LogP contribution is 2.30. The molecule has 0 spiro atoms. The van der Waals surface area contributed by atoms with Crippen LogP contribution in [0.25, 0.3) is 0 Å². The molecule has 5 heteroatoms. The Morgan fingerprint density at radius 3 is 2.42 bits per heavy atom. The second-order valence-corrected chi connectivity index (χ2v) is 5.57. The fraction of sp³-hybridized carbons (Fsp3) is 0.714. The Kier molecular flexibility index (Phi) is 4.24. The number of rotatable bonds is 3. The lowest BCUT2D eigenvalue weighted by atomic mass is 9.82. The van der Waals surface area contributed by atoms with E-state index in [1.54, 1.807) is 11.8 Å². The van der Waals surface area contributed by atoms with E-state index in [0.29, 0.717) is 25.9 Å². The van der Waals surface area contributed by atoms with E-state index in [0.717, 1.165) is 6.42 Å². The fourth-order valence-corrected chi connectivity index (χ4v) is 2.98. The van der Waals surface area contributed by atoms with Crippen LogP contribution in [-0.2, 0) is 9.59 Å². The number of carbonyl (C=O) groups excluding carboxylic acids is 1. The highest BCUT2D eigenvalue weighted by Gasteiger charge is 2.39. The molecule has 4 atom stereocenters. The largest absolute Gasteiger partial charge is 0.481 e. The fourth-order valence-electron chi connectivity index (χ4n) is 2.98. The van der Waals surface area contributed by atoms with Gasteiger partial charge in [0, 0.05) is 19.0 Å². The summed E-state index contributed by atoms with van der Waals surface area (Å²) >= 11 is 0. The summed E-state index contributed by atoms with van der Waals surface area (Å²) in [4.78, 5) is 25.4. The van der Waals surface area contributed by atoms with Crippen LogP contribution in [0, 0.1) is 17.8 Å². The summed E-state index contributed by atoms with van der Waals surface area (Å²) in [5, 5.41) is 18.8. The second-order valence-electron chi connectivity index (χ2n) is 5.57. The molecule has 0 saturated carbocycles. The molecule has 0 radical (unpaired) electrons. The third-order valence-corrected chi connectivity index (χ3v) is 4.29. The number of hydrogen-bond donors (Lipinski definition) is 2. The van der Waals surface area contributed by atoms with Crippen LogP contribution < -0.4 is 0 Å². The minimum atomic E-state index is -0.894. The van der Waals surface area contributed by atoms with Crippen LogP contribution in [0.4, 0.5) is 0 Å². The van der Waals surface area contributed by atoms with Crippen molar-refractivity contribution in [2.24, 2.45) is 17.8 Å². The number of aliphatic carboxylic acids is 1. The minimum absolute atomic E-state index is 0.0695. The van der Waals surface area contributed by atoms with Gasteiger partial charge in [0.05, 0.1) is 17.9 Å². The molecule has 0 aromatic carbocycles. The Morgan fingerprint density at radius 2 is 1.89 bits per heavy atom. The van der Waals surface area contributed by atoms with Crippen LogP contribution in [0.15, 0.2) is 12.2 Å². The minimum Gasteiger partial charge on any atom is -0.481 e. The summed E-state index contributed by atoms with van der Waals surface area (Å²) in [6.07, 6.45) is 5.05. The third kappa shape index (κ3) is 2.97. The molecule has 0 bridgehead atoms. The van der Waals surface area contributed by atoms with Gasteiger partial charge in [-0.25, -0.2) is 0 Å². The molecule has 1 fully saturated rings. The van der Waals surface area contributed by atoms with Gasteiger partial charge in [0.2, 0.25) is 5.91 Å². The number of aliphatic hydroxyl groups excluding tert-OH is 1. The lowest BCUT2D eigenvalue weighted by Crippen LogP contribution is -2.41. The van der Waals surface area contributed by atoms with Crippen LogP contribution in [-0.4, -0.2) is 46.2 Å². The van der Waals surface area contributed by atoms with Gasteiger partial charge >= 0.3 is 5.97 Å². The average molecular weight is 267 g/mol. The van der Waals surface area contributed by atoms with E-state index >= 15 is 0 Å². The van der Waals surface area contributed by atoms with Crippen molar-refractivity contribution in [1.29, 1.82) is 0 Å². The van der Waals surface area contributed by atoms with Gasteiger partial charge in [0.15, 0.2) is 0 Å². The third-order valence-electron chi connectivity index (χ3n) is 4.29. The molecule has 1 aliphatic heterocycles. The standard InChI is InChI=1S/C14H21NO4/c1-9(16)10-6-7-15(8-10)13(17)11-4-2-3-5-12(11)14(18)19/h2-3,9-12,16H,4-8H2,1H3,(H,18,19). The molecule has 19 heavy (non-hydrogen) atoms. The monoisotopic (exact) mass is 267 g/mol. The molecule has 5 nitrogen and oxygen atoms in total. The first-order valence-electron chi connectivity index (χ1n) is 6.85. The van der Waals surface area contributed by atoms with Crippen LogP contribution in [0.5, 0.6) is 0 Å². The highest BCUT2D eigenvalue weighted by molar-refractivity contribution is 5.85. The molecular formula is C14H21NO4. The SMILES string of the molecule is CC(O)C1CCN(C(=O)C2CC=CCC2C(=O)O)C1. The lowest BCUT2D eigenvalue weighted by Gasteiger charge is -2.28. The molecule has 106 valence electrons. The number of carbonyl (C=O) groups is 2. The van der Waals surface area contributed by atoms with Crippen molar-refractivity contribution in [3.05, 3.63) is 12.2 Å². The van der Waals surface area contributed by atoms with E-state index in [-0.39, 0.29) is 11.8 Å². The highest BCUT2D eigenvalue weighted by atomic mass is 16.4. The summed E-state index contributed by atoms with van der Waals surface area (Å²) in [5.41, 5.74) is 0. The van der Waals surface area contributed by atoms with Crippen molar-refractivity contribution in [1.82, 2.24) is 4.90 Å². The maximum absolute atomic E-state index is 12.4. The zero-order valence-electron chi connectivity index (χ0n) is 11.2. The number of carboxylic acids is 1. The maximum Gasteiger partial charge on any atom is 0.307 e. The number of amides is 1. The zero-order valence-corrected chi connectivity index (χ0v) is 11.2. The normalized spacial score (nSPS) is 32.3. The Balaban J connectivity index is 2.03. The summed E-state index contributed by atoms with van der Waals surface area (Å²) in [6, 6.07) is 0. The lowest BCUT2D eigenvalue weighted by molar-refractivity contribution is -0.150. The number of allylic oxidation sites excluding steroid dienone is 2. The predicted octanol–water partition coefficient (Wildman–Crippen LogP) is 0.883. The van der Waals surface area contributed by atoms with Crippen molar-refractivity contribution in [2.75, 3.05) is 13.1 Å². The smallest absolute Gasteiger partial charge is 0.307 e. The average Bonchev–Trinajstić information content (AvgIpc) is 2.87. The van der Waals surface area contributed by atoms with Gasteiger partial charge in [-0.1, -0.05) is 12.2 Å². The number of hydrogen-bond acceptors (Lipinski definition) is 3. The molecule has 1 amide bonds. The van der Waals surface area contributed by atoms with Gasteiger partial charge in [-0.05, 0) is 26.2 Å². The molecule has 1 heterocycles. The van der Waals surface area contributed by atoms with Crippen LogP contribution in [0.3, 0.4) is 0 Å². The van der Waals surface area contributed by atoms with Crippen LogP contribution in [0.2, 0.25) is 0 Å². The zero-order chi connectivity index (χ0) is 14.0. The molecule has 4 unspecified atom stereocenters. The van der Waals surface area contributed by atoms with Crippen LogP contribution in [0.1, 0.15) is 26.2 Å². The number of likely N-dealkylation sites (tertiary alicyclic amines) is 1. The van der Waals surface area contributed by atoms with Gasteiger partial charge in [0.25, 0.3) is 0 Å². The predicted molar refractivity (Wildman–Crippen MR) is 69.4 cm³/mol. The molecule has 2 N–H and O–H groups in total. The Morgan fingerprint density at radius 1 is 1.26 bits per heavy atom. The van der Waals surface area contributed by atoms with Crippen molar-refractivity contribution in [2.45, 2.75) is 32.3 Å². The molecule has 0 aromatic heterocycles. The van der Waals surface area contributed by atoms with Crippen LogP contribution >= 0.6 is 0 Å². The van der Waals surface area contributed by atoms with E-state index < -0.39 is 23.9 Å². The summed E-state index contributed by atoms with van der Waals surface area (Å²) < 4.78 is 0. The van der Waals surface area contributed by atoms with Gasteiger partial charge < -0.3 is 15.1 Å². The van der Waals surface area contributed by atoms with E-state index in [9.17, 15) is 19.8 Å². The Labute approximate surface area is 112 Å². The van der Waals surface area contributed by atoms with Crippen molar-refractivity contribution in [3.63, 3.8) is 0 Å². The van der Waals surface area contributed by atoms with Crippen molar-refractivity contribution >= 4 is 11.9 Å². The molecule has 2 aliphatic rings. The van der Waals surface area contributed by atoms with Gasteiger partial charge in [0.1, 0.15) is 0 Å². The van der Waals surface area contributed by atoms with E-state index in [1.165, 1.54) is 0 Å². The number of aliphatic hydroxyl groups is 1. The Hall–Kier alpha value is -1.36. The van der Waals surface area contributed by atoms with Crippen molar-refractivity contribution in [3.8, 4) is 0 Å². The van der Waals surface area contributed by atoms with Gasteiger partial charge in [-0.15, -0.1) is 0 Å². The summed E-state index contributed by atoms with van der Waals surface area (Å²) in [6.45, 7) is 2.91. The quantitative estimate of drug-likeness (QED) is 0.744. The number of carboxylic acid groups (broad SMARTS) is 1. The number of nitrogens with zero attached hydrogens (tertiary/aromatic N) is 1. The first-order chi connectivity index (χ1) is 9.00. The summed E-state index contributed by atoms with van der Waals surface area (Å²) in [5.74, 6) is -1.90. The first-order valence-corrected chi connectivity index (χ1v) is 6.85. The maximum atomic E-state index is 12.4.